The number of phenolic OH excluding ortho intramolecular Hbond substituents is 2. The Morgan fingerprint density at radius 2 is 1.43 bits per heavy atom. The van der Waals surface area contributed by atoms with Crippen LogP contribution < -0.4 is 4.74 Å². The number of aromatic hydroxyl groups is 2. The zero-order valence-electron chi connectivity index (χ0n) is 17.6. The van der Waals surface area contributed by atoms with E-state index in [4.69, 9.17) is 4.74 Å². The third-order valence-corrected chi connectivity index (χ3v) is 5.08. The van der Waals surface area contributed by atoms with E-state index >= 15 is 0 Å². The maximum absolute atomic E-state index is 10.4. The minimum Gasteiger partial charge on any atom is -0.508 e. The van der Waals surface area contributed by atoms with E-state index in [0.717, 1.165) is 17.5 Å². The zero-order valence-corrected chi connectivity index (χ0v) is 17.6. The predicted molar refractivity (Wildman–Crippen MR) is 120 cm³/mol. The lowest BCUT2D eigenvalue weighted by Gasteiger charge is -2.09. The van der Waals surface area contributed by atoms with E-state index in [-0.39, 0.29) is 11.5 Å². The van der Waals surface area contributed by atoms with Crippen LogP contribution in [-0.4, -0.2) is 26.8 Å². The van der Waals surface area contributed by atoms with Crippen LogP contribution in [0.3, 0.4) is 0 Å². The average Bonchev–Trinajstić information content (AvgIpc) is 2.76. The van der Waals surface area contributed by atoms with Gasteiger partial charge in [0.05, 0.1) is 12.2 Å². The molecule has 0 aliphatic rings. The highest BCUT2D eigenvalue weighted by atomic mass is 16.5. The molecule has 1 aromatic heterocycles. The largest absolute Gasteiger partial charge is 0.508 e. The number of rotatable bonds is 11. The Morgan fingerprint density at radius 1 is 0.767 bits per heavy atom. The van der Waals surface area contributed by atoms with Crippen LogP contribution in [0, 0.1) is 0 Å². The maximum Gasteiger partial charge on any atom is 0.162 e. The van der Waals surface area contributed by atoms with Crippen molar-refractivity contribution in [3.63, 3.8) is 0 Å². The quantitative estimate of drug-likeness (QED) is 0.363. The number of aromatic nitrogens is 2. The Labute approximate surface area is 178 Å². The van der Waals surface area contributed by atoms with Crippen molar-refractivity contribution in [1.29, 1.82) is 0 Å². The number of nitrogens with zero attached hydrogens (tertiary/aromatic N) is 2. The molecule has 2 aromatic carbocycles. The Morgan fingerprint density at radius 3 is 2.10 bits per heavy atom. The van der Waals surface area contributed by atoms with Gasteiger partial charge >= 0.3 is 0 Å². The molecular weight excluding hydrogens is 376 g/mol. The maximum atomic E-state index is 10.4. The molecular formula is C25H30N2O3. The van der Waals surface area contributed by atoms with Crippen molar-refractivity contribution < 1.29 is 14.9 Å². The van der Waals surface area contributed by atoms with Gasteiger partial charge in [-0.1, -0.05) is 57.6 Å². The van der Waals surface area contributed by atoms with Gasteiger partial charge in [0, 0.05) is 24.0 Å². The molecule has 1 heterocycles. The highest BCUT2D eigenvalue weighted by molar-refractivity contribution is 5.68. The molecule has 0 unspecified atom stereocenters. The van der Waals surface area contributed by atoms with Crippen molar-refractivity contribution in [1.82, 2.24) is 9.97 Å². The minimum absolute atomic E-state index is 0.101. The van der Waals surface area contributed by atoms with Crippen LogP contribution in [0.1, 0.15) is 51.9 Å². The predicted octanol–water partition coefficient (Wildman–Crippen LogP) is 6.35. The second kappa shape index (κ2) is 11.2. The summed E-state index contributed by atoms with van der Waals surface area (Å²) in [5.74, 6) is 1.43. The highest BCUT2D eigenvalue weighted by Crippen LogP contribution is 2.31. The van der Waals surface area contributed by atoms with E-state index in [0.29, 0.717) is 23.7 Å². The number of hydrogen-bond acceptors (Lipinski definition) is 5. The molecule has 0 aliphatic carbocycles. The highest BCUT2D eigenvalue weighted by Gasteiger charge is 2.10. The lowest BCUT2D eigenvalue weighted by Crippen LogP contribution is -1.98. The monoisotopic (exact) mass is 406 g/mol. The van der Waals surface area contributed by atoms with Crippen molar-refractivity contribution in [2.75, 3.05) is 6.61 Å². The Balaban J connectivity index is 1.53. The molecule has 2 N–H and O–H groups in total. The molecule has 5 heteroatoms. The summed E-state index contributed by atoms with van der Waals surface area (Å²) in [7, 11) is 0. The van der Waals surface area contributed by atoms with Crippen molar-refractivity contribution >= 4 is 0 Å². The van der Waals surface area contributed by atoms with Gasteiger partial charge in [0.25, 0.3) is 0 Å². The first-order chi connectivity index (χ1) is 14.7. The van der Waals surface area contributed by atoms with E-state index in [9.17, 15) is 10.2 Å². The van der Waals surface area contributed by atoms with E-state index in [2.05, 4.69) is 16.9 Å². The Bertz CT molecular complexity index is 909. The van der Waals surface area contributed by atoms with E-state index in [1.165, 1.54) is 38.5 Å². The molecule has 0 saturated carbocycles. The molecule has 0 amide bonds. The molecule has 158 valence electrons. The molecule has 0 saturated heterocycles. The van der Waals surface area contributed by atoms with Crippen molar-refractivity contribution in [2.24, 2.45) is 0 Å². The van der Waals surface area contributed by atoms with E-state index in [1.54, 1.807) is 36.7 Å². The summed E-state index contributed by atoms with van der Waals surface area (Å²) in [5.41, 5.74) is 2.32. The van der Waals surface area contributed by atoms with Gasteiger partial charge < -0.3 is 14.9 Å². The van der Waals surface area contributed by atoms with Crippen LogP contribution in [0.25, 0.3) is 22.5 Å². The molecule has 0 spiro atoms. The van der Waals surface area contributed by atoms with Crippen molar-refractivity contribution in [3.8, 4) is 39.8 Å². The molecule has 5 nitrogen and oxygen atoms in total. The van der Waals surface area contributed by atoms with Gasteiger partial charge in [0.2, 0.25) is 0 Å². The zero-order chi connectivity index (χ0) is 21.2. The van der Waals surface area contributed by atoms with Crippen LogP contribution in [0.4, 0.5) is 0 Å². The number of benzene rings is 2. The van der Waals surface area contributed by atoms with Crippen LogP contribution in [0.15, 0.2) is 54.9 Å². The summed E-state index contributed by atoms with van der Waals surface area (Å²) in [6, 6.07) is 12.1. The first-order valence-corrected chi connectivity index (χ1v) is 10.7. The second-order valence-corrected chi connectivity index (χ2v) is 7.49. The number of ether oxygens (including phenoxy) is 1. The summed E-state index contributed by atoms with van der Waals surface area (Å²) in [4.78, 5) is 8.76. The molecule has 0 radical (unpaired) electrons. The van der Waals surface area contributed by atoms with E-state index < -0.39 is 0 Å². The fourth-order valence-electron chi connectivity index (χ4n) is 3.31. The summed E-state index contributed by atoms with van der Waals surface area (Å²) < 4.78 is 5.77. The summed E-state index contributed by atoms with van der Waals surface area (Å²) >= 11 is 0. The van der Waals surface area contributed by atoms with Gasteiger partial charge in [-0.05, 0) is 36.2 Å². The number of phenols is 2. The van der Waals surface area contributed by atoms with Crippen molar-refractivity contribution in [3.05, 3.63) is 54.9 Å². The molecule has 0 fully saturated rings. The van der Waals surface area contributed by atoms with Crippen LogP contribution in [0.2, 0.25) is 0 Å². The standard InChI is InChI=1S/C25H30N2O3/c1-2-3-4-5-6-7-8-15-30-22-13-14-23(24(29)16-22)25-26-17-20(18-27-25)19-9-11-21(28)12-10-19/h9-14,16-18,28-29H,2-8,15H2,1H3. The topological polar surface area (TPSA) is 75.5 Å². The molecule has 0 aliphatic heterocycles. The van der Waals surface area contributed by atoms with E-state index in [1.807, 2.05) is 18.2 Å². The van der Waals surface area contributed by atoms with Gasteiger partial charge in [-0.3, -0.25) is 0 Å². The van der Waals surface area contributed by atoms with Gasteiger partial charge in [0.1, 0.15) is 17.2 Å². The third-order valence-electron chi connectivity index (χ3n) is 5.08. The number of hydrogen-bond donors (Lipinski definition) is 2. The lowest BCUT2D eigenvalue weighted by atomic mass is 10.1. The molecule has 3 aromatic rings. The van der Waals surface area contributed by atoms with Crippen LogP contribution in [0.5, 0.6) is 17.2 Å². The van der Waals surface area contributed by atoms with Gasteiger partial charge in [-0.15, -0.1) is 0 Å². The Kier molecular flexibility index (Phi) is 8.07. The SMILES string of the molecule is CCCCCCCCCOc1ccc(-c2ncc(-c3ccc(O)cc3)cn2)c(O)c1. The summed E-state index contributed by atoms with van der Waals surface area (Å²) in [5, 5.41) is 19.8. The molecule has 0 atom stereocenters. The molecule has 0 bridgehead atoms. The number of unbranched alkanes of at least 4 members (excludes halogenated alkanes) is 6. The van der Waals surface area contributed by atoms with Gasteiger partial charge in [-0.2, -0.15) is 0 Å². The summed E-state index contributed by atoms with van der Waals surface area (Å²) in [6.07, 6.45) is 12.1. The molecule has 30 heavy (non-hydrogen) atoms. The smallest absolute Gasteiger partial charge is 0.162 e. The van der Waals surface area contributed by atoms with Gasteiger partial charge in [-0.25, -0.2) is 9.97 Å². The average molecular weight is 407 g/mol. The van der Waals surface area contributed by atoms with Gasteiger partial charge in [0.15, 0.2) is 5.82 Å². The first kappa shape index (κ1) is 21.6. The fourth-order valence-corrected chi connectivity index (χ4v) is 3.31. The first-order valence-electron chi connectivity index (χ1n) is 10.7. The lowest BCUT2D eigenvalue weighted by molar-refractivity contribution is 0.303. The Hall–Kier alpha value is -3.08. The van der Waals surface area contributed by atoms with Crippen LogP contribution in [-0.2, 0) is 0 Å². The molecule has 3 rings (SSSR count). The fraction of sp³-hybridized carbons (Fsp3) is 0.360. The second-order valence-electron chi connectivity index (χ2n) is 7.49. The third kappa shape index (κ3) is 6.21. The minimum atomic E-state index is 0.101. The summed E-state index contributed by atoms with van der Waals surface area (Å²) in [6.45, 7) is 2.89. The van der Waals surface area contributed by atoms with Crippen molar-refractivity contribution in [2.45, 2.75) is 51.9 Å². The normalized spacial score (nSPS) is 10.8. The van der Waals surface area contributed by atoms with Crippen LogP contribution >= 0.6 is 0 Å².